The number of likely N-dealkylation sites (tertiary alicyclic amines) is 1. The van der Waals surface area contributed by atoms with Gasteiger partial charge >= 0.3 is 0 Å². The minimum Gasteiger partial charge on any atom is -0.497 e. The molecule has 2 aromatic carbocycles. The largest absolute Gasteiger partial charge is 0.497 e. The second kappa shape index (κ2) is 9.55. The highest BCUT2D eigenvalue weighted by atomic mass is 16.6. The van der Waals surface area contributed by atoms with Crippen molar-refractivity contribution >= 4 is 34.2 Å². The van der Waals surface area contributed by atoms with Gasteiger partial charge in [0.25, 0.3) is 5.69 Å². The van der Waals surface area contributed by atoms with Gasteiger partial charge in [0, 0.05) is 42.9 Å². The summed E-state index contributed by atoms with van der Waals surface area (Å²) in [5, 5.41) is 14.1. The molecule has 2 heterocycles. The SMILES string of the molecule is COc1cc(NC(=O)Cn2cnc3cccc([N+](=O)[O-])c32)cc(OCCN2CCCC2=O)c1. The molecule has 0 atom stereocenters. The lowest BCUT2D eigenvalue weighted by Gasteiger charge is -2.16. The minimum atomic E-state index is -0.500. The normalized spacial score (nSPS) is 13.4. The van der Waals surface area contributed by atoms with E-state index in [1.807, 2.05) is 0 Å². The molecule has 11 heteroatoms. The average molecular weight is 453 g/mol. The molecule has 1 aliphatic heterocycles. The molecular weight excluding hydrogens is 430 g/mol. The van der Waals surface area contributed by atoms with Crippen LogP contribution in [0.4, 0.5) is 11.4 Å². The zero-order chi connectivity index (χ0) is 23.4. The van der Waals surface area contributed by atoms with Gasteiger partial charge in [-0.2, -0.15) is 0 Å². The first-order chi connectivity index (χ1) is 15.9. The third-order valence-electron chi connectivity index (χ3n) is 5.33. The van der Waals surface area contributed by atoms with Gasteiger partial charge < -0.3 is 24.3 Å². The monoisotopic (exact) mass is 453 g/mol. The smallest absolute Gasteiger partial charge is 0.295 e. The van der Waals surface area contributed by atoms with Crippen LogP contribution in [0.25, 0.3) is 11.0 Å². The second-order valence-corrected chi connectivity index (χ2v) is 7.55. The molecule has 1 saturated heterocycles. The van der Waals surface area contributed by atoms with E-state index in [2.05, 4.69) is 10.3 Å². The van der Waals surface area contributed by atoms with E-state index in [0.29, 0.717) is 42.3 Å². The number of methoxy groups -OCH3 is 1. The Morgan fingerprint density at radius 2 is 2.09 bits per heavy atom. The molecule has 0 spiro atoms. The molecule has 0 bridgehead atoms. The van der Waals surface area contributed by atoms with E-state index in [1.54, 1.807) is 35.2 Å². The average Bonchev–Trinajstić information content (AvgIpc) is 3.39. The number of para-hydroxylation sites is 1. The van der Waals surface area contributed by atoms with E-state index < -0.39 is 10.8 Å². The zero-order valence-electron chi connectivity index (χ0n) is 18.0. The van der Waals surface area contributed by atoms with Crippen molar-refractivity contribution in [2.24, 2.45) is 0 Å². The van der Waals surface area contributed by atoms with Crippen molar-refractivity contribution in [2.75, 3.05) is 32.1 Å². The van der Waals surface area contributed by atoms with Gasteiger partial charge in [0.2, 0.25) is 11.8 Å². The van der Waals surface area contributed by atoms with Crippen LogP contribution >= 0.6 is 0 Å². The molecule has 0 unspecified atom stereocenters. The van der Waals surface area contributed by atoms with Crippen molar-refractivity contribution in [3.63, 3.8) is 0 Å². The number of benzene rings is 2. The summed E-state index contributed by atoms with van der Waals surface area (Å²) < 4.78 is 12.5. The van der Waals surface area contributed by atoms with E-state index in [0.717, 1.165) is 13.0 Å². The fourth-order valence-corrected chi connectivity index (χ4v) is 3.79. The molecule has 172 valence electrons. The number of imidazole rings is 1. The maximum absolute atomic E-state index is 12.7. The highest BCUT2D eigenvalue weighted by molar-refractivity contribution is 5.93. The Hall–Kier alpha value is -4.15. The predicted octanol–water partition coefficient (Wildman–Crippen LogP) is 2.59. The number of nitrogens with one attached hydrogen (secondary N) is 1. The predicted molar refractivity (Wildman–Crippen MR) is 119 cm³/mol. The fraction of sp³-hybridized carbons (Fsp3) is 0.318. The number of amides is 2. The summed E-state index contributed by atoms with van der Waals surface area (Å²) >= 11 is 0. The van der Waals surface area contributed by atoms with Crippen LogP contribution in [0.2, 0.25) is 0 Å². The first kappa shape index (κ1) is 22.1. The molecule has 1 fully saturated rings. The highest BCUT2D eigenvalue weighted by Gasteiger charge is 2.20. The molecule has 0 radical (unpaired) electrons. The van der Waals surface area contributed by atoms with Gasteiger partial charge in [-0.1, -0.05) is 6.07 Å². The molecular formula is C22H23N5O6. The number of nitrogens with zero attached hydrogens (tertiary/aromatic N) is 4. The van der Waals surface area contributed by atoms with Gasteiger partial charge in [-0.25, -0.2) is 4.98 Å². The zero-order valence-corrected chi connectivity index (χ0v) is 18.0. The molecule has 0 saturated carbocycles. The Morgan fingerprint density at radius 3 is 2.82 bits per heavy atom. The molecule has 33 heavy (non-hydrogen) atoms. The summed E-state index contributed by atoms with van der Waals surface area (Å²) in [7, 11) is 1.50. The Labute approximate surface area is 189 Å². The number of nitro groups is 1. The Bertz CT molecular complexity index is 1210. The number of non-ortho nitro benzene ring substituents is 1. The number of carbonyl (C=O) groups is 2. The number of nitro benzene ring substituents is 1. The van der Waals surface area contributed by atoms with Crippen LogP contribution in [-0.4, -0.2) is 58.0 Å². The Kier molecular flexibility index (Phi) is 6.38. The van der Waals surface area contributed by atoms with E-state index in [4.69, 9.17) is 9.47 Å². The van der Waals surface area contributed by atoms with Crippen molar-refractivity contribution in [2.45, 2.75) is 19.4 Å². The van der Waals surface area contributed by atoms with Gasteiger partial charge in [0.05, 0.1) is 30.4 Å². The summed E-state index contributed by atoms with van der Waals surface area (Å²) in [4.78, 5) is 41.2. The number of fused-ring (bicyclic) bond motifs is 1. The van der Waals surface area contributed by atoms with Crippen molar-refractivity contribution in [3.8, 4) is 11.5 Å². The quantitative estimate of drug-likeness (QED) is 0.389. The van der Waals surface area contributed by atoms with Gasteiger partial charge in [-0.05, 0) is 12.5 Å². The number of hydrogen-bond acceptors (Lipinski definition) is 7. The second-order valence-electron chi connectivity index (χ2n) is 7.55. The molecule has 1 N–H and O–H groups in total. The summed E-state index contributed by atoms with van der Waals surface area (Å²) in [5.41, 5.74) is 1.05. The van der Waals surface area contributed by atoms with Crippen molar-refractivity contribution < 1.29 is 24.0 Å². The van der Waals surface area contributed by atoms with Crippen molar-refractivity contribution in [1.29, 1.82) is 0 Å². The maximum atomic E-state index is 12.7. The number of hydrogen-bond donors (Lipinski definition) is 1. The van der Waals surface area contributed by atoms with Crippen LogP contribution in [-0.2, 0) is 16.1 Å². The first-order valence-corrected chi connectivity index (χ1v) is 10.4. The molecule has 3 aromatic rings. The summed E-state index contributed by atoms with van der Waals surface area (Å²) in [6.45, 7) is 1.38. The van der Waals surface area contributed by atoms with Gasteiger partial charge in [-0.15, -0.1) is 0 Å². The van der Waals surface area contributed by atoms with Crippen molar-refractivity contribution in [3.05, 3.63) is 52.8 Å². The number of carbonyl (C=O) groups excluding carboxylic acids is 2. The lowest BCUT2D eigenvalue weighted by molar-refractivity contribution is -0.383. The molecule has 1 aromatic heterocycles. The Balaban J connectivity index is 1.44. The Morgan fingerprint density at radius 1 is 1.27 bits per heavy atom. The van der Waals surface area contributed by atoms with Crippen LogP contribution in [0.15, 0.2) is 42.7 Å². The molecule has 2 amide bonds. The van der Waals surface area contributed by atoms with E-state index in [-0.39, 0.29) is 23.7 Å². The standard InChI is InChI=1S/C22H23N5O6/c1-32-16-10-15(11-17(12-16)33-9-8-25-7-3-6-21(25)29)24-20(28)13-26-14-23-18-4-2-5-19(22(18)26)27(30)31/h2,4-5,10-12,14H,3,6-9,13H2,1H3,(H,24,28). The van der Waals surface area contributed by atoms with E-state index >= 15 is 0 Å². The summed E-state index contributed by atoms with van der Waals surface area (Å²) in [6.07, 6.45) is 2.84. The lowest BCUT2D eigenvalue weighted by Crippen LogP contribution is -2.29. The third-order valence-corrected chi connectivity index (χ3v) is 5.33. The van der Waals surface area contributed by atoms with Crippen LogP contribution in [0, 0.1) is 10.1 Å². The lowest BCUT2D eigenvalue weighted by atomic mass is 10.2. The van der Waals surface area contributed by atoms with E-state index in [9.17, 15) is 19.7 Å². The van der Waals surface area contributed by atoms with Crippen molar-refractivity contribution in [1.82, 2.24) is 14.5 Å². The number of anilines is 1. The maximum Gasteiger partial charge on any atom is 0.295 e. The number of ether oxygens (including phenoxy) is 2. The van der Waals surface area contributed by atoms with Crippen LogP contribution in [0.3, 0.4) is 0 Å². The van der Waals surface area contributed by atoms with Crippen LogP contribution in [0.5, 0.6) is 11.5 Å². The summed E-state index contributed by atoms with van der Waals surface area (Å²) in [5.74, 6) is 0.711. The highest BCUT2D eigenvalue weighted by Crippen LogP contribution is 2.27. The number of aromatic nitrogens is 2. The topological polar surface area (TPSA) is 129 Å². The molecule has 4 rings (SSSR count). The van der Waals surface area contributed by atoms with Crippen LogP contribution in [0.1, 0.15) is 12.8 Å². The van der Waals surface area contributed by atoms with E-state index in [1.165, 1.54) is 24.1 Å². The molecule has 11 nitrogen and oxygen atoms in total. The van der Waals surface area contributed by atoms with Gasteiger partial charge in [0.15, 0.2) is 0 Å². The van der Waals surface area contributed by atoms with Gasteiger partial charge in [-0.3, -0.25) is 19.7 Å². The third kappa shape index (κ3) is 5.03. The summed E-state index contributed by atoms with van der Waals surface area (Å²) in [6, 6.07) is 9.56. The minimum absolute atomic E-state index is 0.119. The molecule has 1 aliphatic rings. The van der Waals surface area contributed by atoms with Crippen LogP contribution < -0.4 is 14.8 Å². The fourth-order valence-electron chi connectivity index (χ4n) is 3.79. The van der Waals surface area contributed by atoms with Gasteiger partial charge in [0.1, 0.15) is 30.2 Å². The number of rotatable bonds is 9. The molecule has 0 aliphatic carbocycles. The first-order valence-electron chi connectivity index (χ1n) is 10.4.